The molecule has 2 aliphatic rings. The molecule has 1 N–H and O–H groups in total. The second kappa shape index (κ2) is 10.9. The summed E-state index contributed by atoms with van der Waals surface area (Å²) >= 11 is 1.61. The first-order valence-electron chi connectivity index (χ1n) is 11.7. The van der Waals surface area contributed by atoms with E-state index in [1.54, 1.807) is 27.6 Å². The normalized spacial score (nSPS) is 18.9. The molecular weight excluding hydrogens is 446 g/mol. The van der Waals surface area contributed by atoms with Crippen molar-refractivity contribution in [2.75, 3.05) is 30.0 Å². The van der Waals surface area contributed by atoms with Gasteiger partial charge in [0, 0.05) is 36.5 Å². The number of anilines is 1. The number of carbonyl (C=O) groups excluding carboxylic acids is 3. The van der Waals surface area contributed by atoms with E-state index in [1.807, 2.05) is 68.5 Å². The number of benzene rings is 2. The molecule has 178 valence electrons. The first-order valence-corrected chi connectivity index (χ1v) is 12.9. The van der Waals surface area contributed by atoms with Crippen molar-refractivity contribution in [2.24, 2.45) is 5.92 Å². The van der Waals surface area contributed by atoms with Crippen LogP contribution >= 0.6 is 11.8 Å². The van der Waals surface area contributed by atoms with Gasteiger partial charge in [-0.15, -0.1) is 11.8 Å². The Morgan fingerprint density at radius 2 is 1.74 bits per heavy atom. The van der Waals surface area contributed by atoms with Gasteiger partial charge >= 0.3 is 0 Å². The Balaban J connectivity index is 1.31. The van der Waals surface area contributed by atoms with E-state index in [4.69, 9.17) is 0 Å². The van der Waals surface area contributed by atoms with Crippen molar-refractivity contribution in [3.8, 4) is 0 Å². The minimum absolute atomic E-state index is 0.0252. The van der Waals surface area contributed by atoms with Gasteiger partial charge in [-0.05, 0) is 61.6 Å². The van der Waals surface area contributed by atoms with E-state index in [1.165, 1.54) is 5.56 Å². The predicted octanol–water partition coefficient (Wildman–Crippen LogP) is 4.10. The second-order valence-electron chi connectivity index (χ2n) is 8.96. The number of rotatable bonds is 5. The predicted molar refractivity (Wildman–Crippen MR) is 137 cm³/mol. The Kier molecular flexibility index (Phi) is 7.73. The van der Waals surface area contributed by atoms with E-state index >= 15 is 0 Å². The van der Waals surface area contributed by atoms with Crippen molar-refractivity contribution in [2.45, 2.75) is 32.7 Å². The molecule has 0 spiro atoms. The molecule has 4 rings (SSSR count). The van der Waals surface area contributed by atoms with Crippen LogP contribution in [0.3, 0.4) is 0 Å². The minimum Gasteiger partial charge on any atom is -0.339 e. The fraction of sp³-hybridized carbons (Fsp3) is 0.370. The standard InChI is InChI=1S/C27H31N3O3S/c1-19-8-10-23(16-20(19)2)28-26(32)24-17-34-18-30(24)27(33)22-12-14-29(15-13-22)25(31)11-9-21-6-4-3-5-7-21/h3-11,16,22,24H,12-15,17-18H2,1-2H3,(H,28,32)/b11-9+. The maximum atomic E-state index is 13.3. The van der Waals surface area contributed by atoms with Crippen LogP contribution in [0.25, 0.3) is 6.08 Å². The average Bonchev–Trinajstić information content (AvgIpc) is 3.35. The van der Waals surface area contributed by atoms with Crippen LogP contribution in [0, 0.1) is 19.8 Å². The quantitative estimate of drug-likeness (QED) is 0.659. The van der Waals surface area contributed by atoms with Crippen molar-refractivity contribution in [1.29, 1.82) is 0 Å². The summed E-state index contributed by atoms with van der Waals surface area (Å²) in [4.78, 5) is 42.3. The molecule has 0 aromatic heterocycles. The Labute approximate surface area is 205 Å². The van der Waals surface area contributed by atoms with Gasteiger partial charge in [-0.2, -0.15) is 0 Å². The van der Waals surface area contributed by atoms with Crippen LogP contribution in [0.1, 0.15) is 29.5 Å². The summed E-state index contributed by atoms with van der Waals surface area (Å²) in [5.41, 5.74) is 4.03. The van der Waals surface area contributed by atoms with Gasteiger partial charge in [-0.3, -0.25) is 14.4 Å². The first-order chi connectivity index (χ1) is 16.4. The van der Waals surface area contributed by atoms with Crippen LogP contribution < -0.4 is 5.32 Å². The highest BCUT2D eigenvalue weighted by atomic mass is 32.2. The molecule has 0 saturated carbocycles. The lowest BCUT2D eigenvalue weighted by Crippen LogP contribution is -2.49. The summed E-state index contributed by atoms with van der Waals surface area (Å²) in [7, 11) is 0. The summed E-state index contributed by atoms with van der Waals surface area (Å²) in [6.45, 7) is 5.15. The molecule has 2 saturated heterocycles. The maximum Gasteiger partial charge on any atom is 0.248 e. The zero-order chi connectivity index (χ0) is 24.1. The summed E-state index contributed by atoms with van der Waals surface area (Å²) in [5.74, 6) is 0.833. The van der Waals surface area contributed by atoms with Gasteiger partial charge in [0.25, 0.3) is 0 Å². The zero-order valence-corrected chi connectivity index (χ0v) is 20.5. The molecule has 7 heteroatoms. The van der Waals surface area contributed by atoms with Crippen LogP contribution in [-0.2, 0) is 14.4 Å². The van der Waals surface area contributed by atoms with Gasteiger partial charge in [-0.1, -0.05) is 36.4 Å². The molecule has 2 fully saturated rings. The lowest BCUT2D eigenvalue weighted by molar-refractivity contribution is -0.142. The first kappa shape index (κ1) is 24.1. The molecule has 2 heterocycles. The van der Waals surface area contributed by atoms with E-state index in [0.29, 0.717) is 37.6 Å². The third kappa shape index (κ3) is 5.70. The molecule has 1 atom stereocenters. The highest BCUT2D eigenvalue weighted by molar-refractivity contribution is 7.99. The zero-order valence-electron chi connectivity index (χ0n) is 19.7. The molecule has 0 bridgehead atoms. The lowest BCUT2D eigenvalue weighted by atomic mass is 9.94. The number of piperidine rings is 1. The van der Waals surface area contributed by atoms with Gasteiger partial charge in [-0.25, -0.2) is 0 Å². The molecule has 0 radical (unpaired) electrons. The van der Waals surface area contributed by atoms with Gasteiger partial charge in [0.1, 0.15) is 6.04 Å². The Morgan fingerprint density at radius 1 is 1.00 bits per heavy atom. The average molecular weight is 478 g/mol. The molecule has 6 nitrogen and oxygen atoms in total. The molecule has 2 aliphatic heterocycles. The Bertz CT molecular complexity index is 1080. The summed E-state index contributed by atoms with van der Waals surface area (Å²) in [5, 5.41) is 2.98. The van der Waals surface area contributed by atoms with Crippen LogP contribution in [0.2, 0.25) is 0 Å². The van der Waals surface area contributed by atoms with Crippen molar-refractivity contribution in [1.82, 2.24) is 9.80 Å². The van der Waals surface area contributed by atoms with Gasteiger partial charge < -0.3 is 15.1 Å². The molecule has 2 aromatic rings. The SMILES string of the molecule is Cc1ccc(NC(=O)C2CSCN2C(=O)C2CCN(C(=O)/C=C/c3ccccc3)CC2)cc1C. The van der Waals surface area contributed by atoms with Gasteiger partial charge in [0.05, 0.1) is 5.88 Å². The van der Waals surface area contributed by atoms with Crippen LogP contribution in [-0.4, -0.2) is 58.3 Å². The van der Waals surface area contributed by atoms with E-state index in [2.05, 4.69) is 5.32 Å². The van der Waals surface area contributed by atoms with Gasteiger partial charge in [0.2, 0.25) is 17.7 Å². The monoisotopic (exact) mass is 477 g/mol. The number of amides is 3. The number of nitrogens with one attached hydrogen (secondary N) is 1. The van der Waals surface area contributed by atoms with E-state index in [9.17, 15) is 14.4 Å². The summed E-state index contributed by atoms with van der Waals surface area (Å²) < 4.78 is 0. The van der Waals surface area contributed by atoms with Crippen molar-refractivity contribution >= 4 is 41.2 Å². The molecule has 2 aromatic carbocycles. The van der Waals surface area contributed by atoms with Gasteiger partial charge in [0.15, 0.2) is 0 Å². The smallest absolute Gasteiger partial charge is 0.248 e. The molecule has 34 heavy (non-hydrogen) atoms. The topological polar surface area (TPSA) is 69.7 Å². The van der Waals surface area contributed by atoms with E-state index in [-0.39, 0.29) is 23.6 Å². The number of nitrogens with zero attached hydrogens (tertiary/aromatic N) is 2. The second-order valence-corrected chi connectivity index (χ2v) is 9.96. The minimum atomic E-state index is -0.465. The van der Waals surface area contributed by atoms with Crippen LogP contribution in [0.15, 0.2) is 54.6 Å². The Morgan fingerprint density at radius 3 is 2.44 bits per heavy atom. The number of aryl methyl sites for hydroxylation is 2. The highest BCUT2D eigenvalue weighted by Gasteiger charge is 2.38. The van der Waals surface area contributed by atoms with E-state index < -0.39 is 6.04 Å². The third-order valence-corrected chi connectivity index (χ3v) is 7.63. The number of hydrogen-bond donors (Lipinski definition) is 1. The molecule has 0 aliphatic carbocycles. The third-order valence-electron chi connectivity index (χ3n) is 6.62. The van der Waals surface area contributed by atoms with Crippen molar-refractivity contribution < 1.29 is 14.4 Å². The molecule has 3 amide bonds. The van der Waals surface area contributed by atoms with E-state index in [0.717, 1.165) is 16.8 Å². The van der Waals surface area contributed by atoms with Crippen molar-refractivity contribution in [3.63, 3.8) is 0 Å². The number of hydrogen-bond acceptors (Lipinski definition) is 4. The fourth-order valence-corrected chi connectivity index (χ4v) is 5.50. The fourth-order valence-electron chi connectivity index (χ4n) is 4.34. The molecule has 1 unspecified atom stereocenters. The van der Waals surface area contributed by atoms with Crippen LogP contribution in [0.5, 0.6) is 0 Å². The largest absolute Gasteiger partial charge is 0.339 e. The summed E-state index contributed by atoms with van der Waals surface area (Å²) in [6, 6.07) is 15.1. The number of likely N-dealkylation sites (tertiary alicyclic amines) is 1. The maximum absolute atomic E-state index is 13.3. The number of carbonyl (C=O) groups is 3. The Hall–Kier alpha value is -3.06. The van der Waals surface area contributed by atoms with Crippen LogP contribution in [0.4, 0.5) is 5.69 Å². The lowest BCUT2D eigenvalue weighted by Gasteiger charge is -2.34. The number of thioether (sulfide) groups is 1. The van der Waals surface area contributed by atoms with Crippen molar-refractivity contribution in [3.05, 3.63) is 71.3 Å². The summed E-state index contributed by atoms with van der Waals surface area (Å²) in [6.07, 6.45) is 4.66. The highest BCUT2D eigenvalue weighted by Crippen LogP contribution is 2.28. The molecular formula is C27H31N3O3S.